The molecule has 2 unspecified atom stereocenters. The zero-order valence-electron chi connectivity index (χ0n) is 15.4. The summed E-state index contributed by atoms with van der Waals surface area (Å²) in [6.07, 6.45) is 1.17. The second kappa shape index (κ2) is 11.8. The largest absolute Gasteiger partial charge is 0.378 e. The number of hydrogen-bond acceptors (Lipinski definition) is 4. The lowest BCUT2D eigenvalue weighted by atomic mass is 10.1. The fourth-order valence-electron chi connectivity index (χ4n) is 3.68. The van der Waals surface area contributed by atoms with Gasteiger partial charge < -0.3 is 15.0 Å². The number of hydrogen-bond donors (Lipinski definition) is 1. The number of carbonyl (C=O) groups is 1. The number of benzene rings is 1. The number of nitrogens with zero attached hydrogens (tertiary/aromatic N) is 2. The Morgan fingerprint density at radius 1 is 1.31 bits per heavy atom. The molecule has 5 nitrogen and oxygen atoms in total. The predicted octanol–water partition coefficient (Wildman–Crippen LogP) is 2.19. The average Bonchev–Trinajstić information content (AvgIpc) is 3.07. The van der Waals surface area contributed by atoms with Crippen LogP contribution < -0.4 is 5.32 Å². The summed E-state index contributed by atoms with van der Waals surface area (Å²) in [6, 6.07) is 10.5. The number of likely N-dealkylation sites (N-methyl/N-ethyl adjacent to an activating group) is 1. The van der Waals surface area contributed by atoms with Gasteiger partial charge in [0.05, 0.1) is 13.2 Å². The molecule has 0 spiro atoms. The van der Waals surface area contributed by atoms with Crippen LogP contribution >= 0.6 is 24.8 Å². The highest BCUT2D eigenvalue weighted by Crippen LogP contribution is 2.20. The first-order valence-electron chi connectivity index (χ1n) is 9.12. The summed E-state index contributed by atoms with van der Waals surface area (Å²) >= 11 is 0. The summed E-state index contributed by atoms with van der Waals surface area (Å²) in [4.78, 5) is 17.2. The lowest BCUT2D eigenvalue weighted by molar-refractivity contribution is -0.136. The number of ether oxygens (including phenoxy) is 1. The molecule has 0 aromatic heterocycles. The third kappa shape index (κ3) is 6.39. The number of likely N-dealkylation sites (tertiary alicyclic amines) is 1. The second-order valence-corrected chi connectivity index (χ2v) is 6.83. The third-order valence-corrected chi connectivity index (χ3v) is 5.01. The fourth-order valence-corrected chi connectivity index (χ4v) is 3.68. The minimum Gasteiger partial charge on any atom is -0.378 e. The van der Waals surface area contributed by atoms with Gasteiger partial charge in [0.25, 0.3) is 0 Å². The zero-order valence-corrected chi connectivity index (χ0v) is 17.1. The number of morpholine rings is 1. The number of rotatable bonds is 6. The van der Waals surface area contributed by atoms with Crippen LogP contribution in [0.25, 0.3) is 0 Å². The minimum absolute atomic E-state index is 0. The Labute approximate surface area is 169 Å². The van der Waals surface area contributed by atoms with Crippen molar-refractivity contribution in [3.05, 3.63) is 35.9 Å². The molecule has 0 aliphatic carbocycles. The van der Waals surface area contributed by atoms with E-state index >= 15 is 0 Å². The number of amides is 1. The summed E-state index contributed by atoms with van der Waals surface area (Å²) in [7, 11) is 0. The van der Waals surface area contributed by atoms with Gasteiger partial charge in [-0.25, -0.2) is 0 Å². The number of carbonyl (C=O) groups excluding carboxylic acids is 1. The third-order valence-electron chi connectivity index (χ3n) is 5.01. The molecular formula is C19H31Cl2N3O2. The molecule has 148 valence electrons. The Morgan fingerprint density at radius 2 is 2.08 bits per heavy atom. The molecule has 0 saturated carbocycles. The van der Waals surface area contributed by atoms with Crippen LogP contribution in [0.3, 0.4) is 0 Å². The first-order chi connectivity index (χ1) is 11.8. The van der Waals surface area contributed by atoms with Crippen LogP contribution in [0.15, 0.2) is 30.3 Å². The van der Waals surface area contributed by atoms with Crippen LogP contribution in [0.2, 0.25) is 0 Å². The van der Waals surface area contributed by atoms with Crippen LogP contribution in [0.5, 0.6) is 0 Å². The lowest BCUT2D eigenvalue weighted by Crippen LogP contribution is -2.53. The van der Waals surface area contributed by atoms with E-state index in [1.807, 2.05) is 4.90 Å². The van der Waals surface area contributed by atoms with Gasteiger partial charge in [-0.2, -0.15) is 0 Å². The molecule has 1 aromatic rings. The van der Waals surface area contributed by atoms with E-state index in [0.29, 0.717) is 19.1 Å². The van der Waals surface area contributed by atoms with E-state index in [-0.39, 0.29) is 36.8 Å². The summed E-state index contributed by atoms with van der Waals surface area (Å²) in [5, 5.41) is 3.27. The number of nitrogens with one attached hydrogen (secondary N) is 1. The van der Waals surface area contributed by atoms with E-state index in [1.54, 1.807) is 0 Å². The maximum atomic E-state index is 12.7. The molecular weight excluding hydrogens is 373 g/mol. The summed E-state index contributed by atoms with van der Waals surface area (Å²) in [5.74, 6) is 0.765. The molecule has 0 bridgehead atoms. The van der Waals surface area contributed by atoms with Crippen LogP contribution in [-0.4, -0.2) is 67.7 Å². The Kier molecular flexibility index (Phi) is 10.5. The maximum absolute atomic E-state index is 12.7. The van der Waals surface area contributed by atoms with E-state index in [4.69, 9.17) is 4.74 Å². The van der Waals surface area contributed by atoms with Gasteiger partial charge in [-0.15, -0.1) is 24.8 Å². The van der Waals surface area contributed by atoms with Gasteiger partial charge in [0, 0.05) is 32.7 Å². The molecule has 2 atom stereocenters. The molecule has 2 heterocycles. The van der Waals surface area contributed by atoms with Crippen molar-refractivity contribution in [3.63, 3.8) is 0 Å². The van der Waals surface area contributed by atoms with Crippen molar-refractivity contribution in [1.82, 2.24) is 15.1 Å². The van der Waals surface area contributed by atoms with Crippen LogP contribution in [-0.2, 0) is 16.1 Å². The van der Waals surface area contributed by atoms with Crippen molar-refractivity contribution in [2.75, 3.05) is 45.9 Å². The maximum Gasteiger partial charge on any atom is 0.242 e. The fraction of sp³-hybridized carbons (Fsp3) is 0.632. The van der Waals surface area contributed by atoms with E-state index in [0.717, 1.165) is 39.3 Å². The first kappa shape index (κ1) is 23.2. The van der Waals surface area contributed by atoms with E-state index in [2.05, 4.69) is 47.5 Å². The van der Waals surface area contributed by atoms with Crippen molar-refractivity contribution in [1.29, 1.82) is 0 Å². The molecule has 1 N–H and O–H groups in total. The second-order valence-electron chi connectivity index (χ2n) is 6.83. The van der Waals surface area contributed by atoms with Crippen LogP contribution in [0.1, 0.15) is 18.9 Å². The Hall–Kier alpha value is -0.850. The molecule has 0 radical (unpaired) electrons. The Morgan fingerprint density at radius 3 is 2.73 bits per heavy atom. The topological polar surface area (TPSA) is 44.8 Å². The minimum atomic E-state index is -0.166. The highest BCUT2D eigenvalue weighted by Gasteiger charge is 2.29. The van der Waals surface area contributed by atoms with Gasteiger partial charge in [-0.05, 0) is 31.4 Å². The predicted molar refractivity (Wildman–Crippen MR) is 109 cm³/mol. The molecule has 1 aromatic carbocycles. The molecule has 7 heteroatoms. The monoisotopic (exact) mass is 403 g/mol. The standard InChI is InChI=1S/C19H29N3O2.2ClH/c1-2-22(19(23)18-15-24-11-9-20-18)14-17-8-10-21(13-17)12-16-6-4-3-5-7-16;;/h3-7,17-18,20H,2,8-15H2,1H3;2*1H. The van der Waals surface area contributed by atoms with Crippen molar-refractivity contribution in [2.45, 2.75) is 25.9 Å². The Balaban J connectivity index is 0.00000169. The molecule has 2 aliphatic heterocycles. The molecule has 1 amide bonds. The van der Waals surface area contributed by atoms with Gasteiger partial charge in [0.15, 0.2) is 0 Å². The highest BCUT2D eigenvalue weighted by atomic mass is 35.5. The Bertz CT molecular complexity index is 527. The quantitative estimate of drug-likeness (QED) is 0.790. The molecule has 2 saturated heterocycles. The van der Waals surface area contributed by atoms with Crippen molar-refractivity contribution >= 4 is 30.7 Å². The summed E-state index contributed by atoms with van der Waals surface area (Å²) in [6.45, 7) is 8.87. The van der Waals surface area contributed by atoms with Crippen molar-refractivity contribution in [3.8, 4) is 0 Å². The lowest BCUT2D eigenvalue weighted by Gasteiger charge is -2.31. The van der Waals surface area contributed by atoms with Gasteiger partial charge >= 0.3 is 0 Å². The van der Waals surface area contributed by atoms with E-state index in [9.17, 15) is 4.79 Å². The smallest absolute Gasteiger partial charge is 0.242 e. The zero-order chi connectivity index (χ0) is 16.8. The first-order valence-corrected chi connectivity index (χ1v) is 9.12. The van der Waals surface area contributed by atoms with Crippen LogP contribution in [0, 0.1) is 5.92 Å². The molecule has 3 rings (SSSR count). The number of halogens is 2. The molecule has 2 fully saturated rings. The summed E-state index contributed by atoms with van der Waals surface area (Å²) < 4.78 is 5.43. The van der Waals surface area contributed by atoms with Gasteiger partial charge in [-0.1, -0.05) is 30.3 Å². The summed E-state index contributed by atoms with van der Waals surface area (Å²) in [5.41, 5.74) is 1.37. The highest BCUT2D eigenvalue weighted by molar-refractivity contribution is 5.85. The van der Waals surface area contributed by atoms with Crippen molar-refractivity contribution in [2.24, 2.45) is 5.92 Å². The van der Waals surface area contributed by atoms with Crippen molar-refractivity contribution < 1.29 is 9.53 Å². The SMILES string of the molecule is CCN(CC1CCN(Cc2ccccc2)C1)C(=O)C1COCCN1.Cl.Cl. The van der Waals surface area contributed by atoms with E-state index in [1.165, 1.54) is 12.0 Å². The van der Waals surface area contributed by atoms with Gasteiger partial charge in [-0.3, -0.25) is 9.69 Å². The molecule has 26 heavy (non-hydrogen) atoms. The van der Waals surface area contributed by atoms with Gasteiger partial charge in [0.2, 0.25) is 5.91 Å². The average molecular weight is 404 g/mol. The van der Waals surface area contributed by atoms with Gasteiger partial charge in [0.1, 0.15) is 6.04 Å². The molecule has 2 aliphatic rings. The normalized spacial score (nSPS) is 23.0. The van der Waals surface area contributed by atoms with Crippen LogP contribution in [0.4, 0.5) is 0 Å². The van der Waals surface area contributed by atoms with E-state index < -0.39 is 0 Å².